The van der Waals surface area contributed by atoms with Crippen molar-refractivity contribution in [2.45, 2.75) is 19.3 Å². The molecule has 0 radical (unpaired) electrons. The molecule has 0 aliphatic heterocycles. The number of hydrogen-bond acceptors (Lipinski definition) is 3. The third-order valence-corrected chi connectivity index (χ3v) is 3.14. The monoisotopic (exact) mass is 168 g/mol. The molecule has 2 aliphatic carbocycles. The van der Waals surface area contributed by atoms with E-state index in [9.17, 15) is 9.59 Å². The third-order valence-electron chi connectivity index (χ3n) is 3.14. The van der Waals surface area contributed by atoms with Gasteiger partial charge < -0.3 is 4.74 Å². The van der Waals surface area contributed by atoms with Crippen molar-refractivity contribution in [3.63, 3.8) is 0 Å². The van der Waals surface area contributed by atoms with Gasteiger partial charge in [-0.15, -0.1) is 0 Å². The second-order valence-electron chi connectivity index (χ2n) is 3.66. The molecule has 2 aliphatic rings. The zero-order chi connectivity index (χ0) is 8.72. The summed E-state index contributed by atoms with van der Waals surface area (Å²) in [5.41, 5.74) is 0. The fraction of sp³-hybridized carbons (Fsp3) is 0.778. The lowest BCUT2D eigenvalue weighted by atomic mass is 9.98. The number of ketones is 1. The lowest BCUT2D eigenvalue weighted by Gasteiger charge is -2.10. The summed E-state index contributed by atoms with van der Waals surface area (Å²) in [4.78, 5) is 22.5. The second-order valence-corrected chi connectivity index (χ2v) is 3.66. The van der Waals surface area contributed by atoms with Gasteiger partial charge in [-0.05, 0) is 18.8 Å². The molecule has 3 nitrogen and oxygen atoms in total. The first-order valence-electron chi connectivity index (χ1n) is 4.34. The van der Waals surface area contributed by atoms with E-state index in [0.717, 1.165) is 12.8 Å². The highest BCUT2D eigenvalue weighted by Crippen LogP contribution is 2.47. The van der Waals surface area contributed by atoms with Crippen molar-refractivity contribution in [3.8, 4) is 0 Å². The molecule has 3 atom stereocenters. The Hall–Kier alpha value is -0.860. The van der Waals surface area contributed by atoms with Gasteiger partial charge in [-0.3, -0.25) is 9.59 Å². The molecule has 0 saturated heterocycles. The number of esters is 1. The zero-order valence-electron chi connectivity index (χ0n) is 7.08. The van der Waals surface area contributed by atoms with Crippen molar-refractivity contribution >= 4 is 11.8 Å². The number of hydrogen-bond donors (Lipinski definition) is 0. The molecule has 0 N–H and O–H groups in total. The molecule has 12 heavy (non-hydrogen) atoms. The first kappa shape index (κ1) is 7.77. The maximum atomic E-state index is 11.3. The summed E-state index contributed by atoms with van der Waals surface area (Å²) in [7, 11) is 1.39. The van der Waals surface area contributed by atoms with Crippen LogP contribution in [0.1, 0.15) is 19.3 Å². The SMILES string of the molecule is COC(=O)[C@@H]1[C@@H]2CC[C@@H]1C(=O)C2. The number of carbonyl (C=O) groups excluding carboxylic acids is 2. The molecule has 0 unspecified atom stereocenters. The molecular formula is C9H12O3. The van der Waals surface area contributed by atoms with Gasteiger partial charge in [0.1, 0.15) is 5.78 Å². The molecule has 3 heteroatoms. The summed E-state index contributed by atoms with van der Waals surface area (Å²) in [6, 6.07) is 0. The smallest absolute Gasteiger partial charge is 0.309 e. The van der Waals surface area contributed by atoms with Crippen LogP contribution in [0.15, 0.2) is 0 Å². The van der Waals surface area contributed by atoms with Crippen molar-refractivity contribution in [1.82, 2.24) is 0 Å². The van der Waals surface area contributed by atoms with E-state index in [0.29, 0.717) is 6.42 Å². The second kappa shape index (κ2) is 2.57. The van der Waals surface area contributed by atoms with E-state index in [1.54, 1.807) is 0 Å². The maximum Gasteiger partial charge on any atom is 0.309 e. The van der Waals surface area contributed by atoms with Crippen LogP contribution >= 0.6 is 0 Å². The molecular weight excluding hydrogens is 156 g/mol. The van der Waals surface area contributed by atoms with Crippen LogP contribution in [0.3, 0.4) is 0 Å². The molecule has 0 aromatic heterocycles. The minimum atomic E-state index is -0.187. The average Bonchev–Trinajstić information content (AvgIpc) is 2.59. The van der Waals surface area contributed by atoms with E-state index in [1.807, 2.05) is 0 Å². The van der Waals surface area contributed by atoms with E-state index < -0.39 is 0 Å². The summed E-state index contributed by atoms with van der Waals surface area (Å²) in [5, 5.41) is 0. The Morgan fingerprint density at radius 3 is 2.67 bits per heavy atom. The third kappa shape index (κ3) is 0.886. The van der Waals surface area contributed by atoms with Crippen molar-refractivity contribution < 1.29 is 14.3 Å². The molecule has 2 bridgehead atoms. The normalized spacial score (nSPS) is 38.8. The highest BCUT2D eigenvalue weighted by molar-refractivity contribution is 5.91. The van der Waals surface area contributed by atoms with Crippen LogP contribution < -0.4 is 0 Å². The van der Waals surface area contributed by atoms with Gasteiger partial charge >= 0.3 is 5.97 Å². The fourth-order valence-electron chi connectivity index (χ4n) is 2.57. The summed E-state index contributed by atoms with van der Waals surface area (Å²) in [5.74, 6) is 0.245. The number of carbonyl (C=O) groups is 2. The number of fused-ring (bicyclic) bond motifs is 2. The van der Waals surface area contributed by atoms with Gasteiger partial charge in [-0.25, -0.2) is 0 Å². The Balaban J connectivity index is 2.18. The number of methoxy groups -OCH3 is 1. The Labute approximate surface area is 71.1 Å². The van der Waals surface area contributed by atoms with Gasteiger partial charge in [0, 0.05) is 12.3 Å². The number of Topliss-reactive ketones (excluding diaryl/α,β-unsaturated/α-hetero) is 1. The quantitative estimate of drug-likeness (QED) is 0.543. The van der Waals surface area contributed by atoms with Gasteiger partial charge in [0.2, 0.25) is 0 Å². The van der Waals surface area contributed by atoms with Gasteiger partial charge in [-0.2, -0.15) is 0 Å². The highest BCUT2D eigenvalue weighted by Gasteiger charge is 2.51. The van der Waals surface area contributed by atoms with Crippen LogP contribution in [-0.2, 0) is 14.3 Å². The van der Waals surface area contributed by atoms with Gasteiger partial charge in [0.15, 0.2) is 0 Å². The molecule has 2 saturated carbocycles. The van der Waals surface area contributed by atoms with E-state index >= 15 is 0 Å². The van der Waals surface area contributed by atoms with Crippen LogP contribution in [0.25, 0.3) is 0 Å². The molecule has 0 heterocycles. The molecule has 2 fully saturated rings. The largest absolute Gasteiger partial charge is 0.469 e. The van der Waals surface area contributed by atoms with Crippen molar-refractivity contribution in [2.24, 2.45) is 17.8 Å². The molecule has 0 aromatic rings. The summed E-state index contributed by atoms with van der Waals surface area (Å²) < 4.78 is 4.67. The summed E-state index contributed by atoms with van der Waals surface area (Å²) in [6.45, 7) is 0. The standard InChI is InChI=1S/C9H12O3/c1-12-9(11)8-5-2-3-6(8)7(10)4-5/h5-6,8H,2-4H2,1H3/t5-,6-,8-/m1/s1. The van der Waals surface area contributed by atoms with Crippen LogP contribution in [-0.4, -0.2) is 18.9 Å². The molecule has 2 rings (SSSR count). The Bertz CT molecular complexity index is 234. The Morgan fingerprint density at radius 1 is 1.50 bits per heavy atom. The van der Waals surface area contributed by atoms with E-state index in [2.05, 4.69) is 4.74 Å². The minimum Gasteiger partial charge on any atom is -0.469 e. The fourth-order valence-corrected chi connectivity index (χ4v) is 2.57. The lowest BCUT2D eigenvalue weighted by Crippen LogP contribution is -2.21. The number of ether oxygens (including phenoxy) is 1. The summed E-state index contributed by atoms with van der Waals surface area (Å²) in [6.07, 6.45) is 2.52. The molecule has 0 amide bonds. The van der Waals surface area contributed by atoms with Crippen molar-refractivity contribution in [3.05, 3.63) is 0 Å². The number of rotatable bonds is 1. The van der Waals surface area contributed by atoms with Crippen LogP contribution in [0.5, 0.6) is 0 Å². The lowest BCUT2D eigenvalue weighted by molar-refractivity contribution is -0.147. The predicted molar refractivity (Wildman–Crippen MR) is 41.3 cm³/mol. The molecule has 66 valence electrons. The Morgan fingerprint density at radius 2 is 2.25 bits per heavy atom. The van der Waals surface area contributed by atoms with Crippen LogP contribution in [0, 0.1) is 17.8 Å². The van der Waals surface area contributed by atoms with E-state index in [1.165, 1.54) is 7.11 Å². The van der Waals surface area contributed by atoms with E-state index in [-0.39, 0.29) is 29.5 Å². The van der Waals surface area contributed by atoms with Crippen LogP contribution in [0.4, 0.5) is 0 Å². The predicted octanol–water partition coefficient (Wildman–Crippen LogP) is 0.775. The Kier molecular flexibility index (Phi) is 1.67. The van der Waals surface area contributed by atoms with Crippen molar-refractivity contribution in [1.29, 1.82) is 0 Å². The van der Waals surface area contributed by atoms with Gasteiger partial charge in [0.25, 0.3) is 0 Å². The van der Waals surface area contributed by atoms with Crippen molar-refractivity contribution in [2.75, 3.05) is 7.11 Å². The minimum absolute atomic E-state index is 0.0116. The van der Waals surface area contributed by atoms with Crippen LogP contribution in [0.2, 0.25) is 0 Å². The van der Waals surface area contributed by atoms with Gasteiger partial charge in [-0.1, -0.05) is 0 Å². The maximum absolute atomic E-state index is 11.3. The van der Waals surface area contributed by atoms with E-state index in [4.69, 9.17) is 0 Å². The average molecular weight is 168 g/mol. The first-order valence-corrected chi connectivity index (χ1v) is 4.34. The molecule has 0 aromatic carbocycles. The zero-order valence-corrected chi connectivity index (χ0v) is 7.08. The topological polar surface area (TPSA) is 43.4 Å². The summed E-state index contributed by atoms with van der Waals surface area (Å²) >= 11 is 0. The van der Waals surface area contributed by atoms with Gasteiger partial charge in [0.05, 0.1) is 13.0 Å². The first-order chi connectivity index (χ1) is 5.74. The highest BCUT2D eigenvalue weighted by atomic mass is 16.5. The molecule has 0 spiro atoms.